The van der Waals surface area contributed by atoms with Crippen LogP contribution in [0.1, 0.15) is 10.4 Å². The molecule has 0 radical (unpaired) electrons. The van der Waals surface area contributed by atoms with Crippen molar-refractivity contribution in [3.63, 3.8) is 0 Å². The van der Waals surface area contributed by atoms with Crippen molar-refractivity contribution in [2.24, 2.45) is 5.14 Å². The molecule has 0 atom stereocenters. The Bertz CT molecular complexity index is 867. The third-order valence-corrected chi connectivity index (χ3v) is 4.13. The first kappa shape index (κ1) is 17.9. The smallest absolute Gasteiger partial charge is 0.255 e. The average molecular weight is 368 g/mol. The van der Waals surface area contributed by atoms with E-state index in [1.165, 1.54) is 30.3 Å². The SMILES string of the molecule is NS(=O)(=O)c1cccc(NC(=O)c2ccc(NC(=O)CCl)cc2)c1. The number of halogens is 1. The number of benzene rings is 2. The fourth-order valence-corrected chi connectivity index (χ4v) is 2.48. The molecule has 2 aromatic rings. The number of primary sulfonamides is 1. The third-order valence-electron chi connectivity index (χ3n) is 2.97. The van der Waals surface area contributed by atoms with Crippen LogP contribution in [0.15, 0.2) is 53.4 Å². The number of hydrogen-bond acceptors (Lipinski definition) is 4. The topological polar surface area (TPSA) is 118 Å². The molecule has 7 nitrogen and oxygen atoms in total. The van der Waals surface area contributed by atoms with Gasteiger partial charge in [-0.2, -0.15) is 0 Å². The maximum Gasteiger partial charge on any atom is 0.255 e. The van der Waals surface area contributed by atoms with Gasteiger partial charge in [-0.25, -0.2) is 13.6 Å². The predicted molar refractivity (Wildman–Crippen MR) is 91.6 cm³/mol. The molecule has 4 N–H and O–H groups in total. The highest BCUT2D eigenvalue weighted by molar-refractivity contribution is 7.89. The van der Waals surface area contributed by atoms with Gasteiger partial charge in [0, 0.05) is 16.9 Å². The third kappa shape index (κ3) is 4.79. The molecule has 0 bridgehead atoms. The Morgan fingerprint density at radius 1 is 1.00 bits per heavy atom. The first-order chi connectivity index (χ1) is 11.3. The van der Waals surface area contributed by atoms with Crippen molar-refractivity contribution in [1.29, 1.82) is 0 Å². The Balaban J connectivity index is 2.11. The standard InChI is InChI=1S/C15H14ClN3O4S/c16-9-14(20)18-11-6-4-10(5-7-11)15(21)19-12-2-1-3-13(8-12)24(17,22)23/h1-8H,9H2,(H,18,20)(H,19,21)(H2,17,22,23). The maximum atomic E-state index is 12.2. The zero-order valence-corrected chi connectivity index (χ0v) is 13.9. The summed E-state index contributed by atoms with van der Waals surface area (Å²) in [4.78, 5) is 23.2. The van der Waals surface area contributed by atoms with Gasteiger partial charge in [-0.15, -0.1) is 11.6 Å². The molecule has 0 fully saturated rings. The predicted octanol–water partition coefficient (Wildman–Crippen LogP) is 1.76. The lowest BCUT2D eigenvalue weighted by molar-refractivity contribution is -0.113. The minimum Gasteiger partial charge on any atom is -0.325 e. The van der Waals surface area contributed by atoms with Gasteiger partial charge < -0.3 is 10.6 Å². The van der Waals surface area contributed by atoms with Gasteiger partial charge >= 0.3 is 0 Å². The number of sulfonamides is 1. The molecule has 2 aromatic carbocycles. The molecule has 126 valence electrons. The van der Waals surface area contributed by atoms with E-state index in [9.17, 15) is 18.0 Å². The van der Waals surface area contributed by atoms with Gasteiger partial charge in [-0.1, -0.05) is 6.07 Å². The molecule has 2 rings (SSSR count). The van der Waals surface area contributed by atoms with Crippen LogP contribution in [0.25, 0.3) is 0 Å². The maximum absolute atomic E-state index is 12.2. The highest BCUT2D eigenvalue weighted by atomic mass is 35.5. The number of alkyl halides is 1. The molecule has 0 aromatic heterocycles. The summed E-state index contributed by atoms with van der Waals surface area (Å²) in [6.07, 6.45) is 0. The molecule has 0 saturated heterocycles. The molecule has 24 heavy (non-hydrogen) atoms. The quantitative estimate of drug-likeness (QED) is 0.697. The van der Waals surface area contributed by atoms with Crippen LogP contribution in [-0.2, 0) is 14.8 Å². The molecular formula is C15H14ClN3O4S. The number of nitrogens with one attached hydrogen (secondary N) is 2. The van der Waals surface area contributed by atoms with E-state index in [0.717, 1.165) is 0 Å². The van der Waals surface area contributed by atoms with Crippen LogP contribution in [-0.4, -0.2) is 26.1 Å². The first-order valence-corrected chi connectivity index (χ1v) is 8.78. The number of anilines is 2. The van der Waals surface area contributed by atoms with Crippen molar-refractivity contribution in [2.45, 2.75) is 4.90 Å². The van der Waals surface area contributed by atoms with Gasteiger partial charge in [0.2, 0.25) is 15.9 Å². The van der Waals surface area contributed by atoms with E-state index in [-0.39, 0.29) is 16.7 Å². The van der Waals surface area contributed by atoms with E-state index in [0.29, 0.717) is 16.9 Å². The van der Waals surface area contributed by atoms with Crippen LogP contribution in [0.3, 0.4) is 0 Å². The van der Waals surface area contributed by atoms with Crippen molar-refractivity contribution >= 4 is 44.8 Å². The Hall–Kier alpha value is -2.42. The summed E-state index contributed by atoms with van der Waals surface area (Å²) in [6.45, 7) is 0. The summed E-state index contributed by atoms with van der Waals surface area (Å²) in [5.41, 5.74) is 1.14. The molecule has 0 saturated carbocycles. The van der Waals surface area contributed by atoms with Crippen LogP contribution in [0.4, 0.5) is 11.4 Å². The fraction of sp³-hybridized carbons (Fsp3) is 0.0667. The highest BCUT2D eigenvalue weighted by Crippen LogP contribution is 2.16. The Kier molecular flexibility index (Phi) is 5.55. The molecule has 0 unspecified atom stereocenters. The van der Waals surface area contributed by atoms with E-state index < -0.39 is 15.9 Å². The monoisotopic (exact) mass is 367 g/mol. The van der Waals surface area contributed by atoms with Crippen LogP contribution >= 0.6 is 11.6 Å². The van der Waals surface area contributed by atoms with E-state index in [2.05, 4.69) is 10.6 Å². The summed E-state index contributed by atoms with van der Waals surface area (Å²) in [5.74, 6) is -0.951. The summed E-state index contributed by atoms with van der Waals surface area (Å²) < 4.78 is 22.6. The minimum absolute atomic E-state index is 0.0977. The molecule has 0 aliphatic heterocycles. The molecule has 0 aliphatic carbocycles. The first-order valence-electron chi connectivity index (χ1n) is 6.69. The van der Waals surface area contributed by atoms with Crippen LogP contribution in [0.5, 0.6) is 0 Å². The highest BCUT2D eigenvalue weighted by Gasteiger charge is 2.11. The lowest BCUT2D eigenvalue weighted by Gasteiger charge is -2.08. The number of nitrogens with two attached hydrogens (primary N) is 1. The van der Waals surface area contributed by atoms with Gasteiger partial charge in [0.15, 0.2) is 0 Å². The zero-order chi connectivity index (χ0) is 17.7. The van der Waals surface area contributed by atoms with Gasteiger partial charge in [0.1, 0.15) is 5.88 Å². The number of carbonyl (C=O) groups excluding carboxylic acids is 2. The second kappa shape index (κ2) is 7.43. The van der Waals surface area contributed by atoms with E-state index in [1.54, 1.807) is 18.2 Å². The second-order valence-corrected chi connectivity index (χ2v) is 6.61. The fourth-order valence-electron chi connectivity index (χ4n) is 1.85. The molecule has 9 heteroatoms. The molecule has 0 spiro atoms. The number of carbonyl (C=O) groups is 2. The molecule has 0 heterocycles. The Morgan fingerprint density at radius 2 is 1.67 bits per heavy atom. The van der Waals surface area contributed by atoms with Gasteiger partial charge in [-0.3, -0.25) is 9.59 Å². The van der Waals surface area contributed by atoms with Crippen molar-refractivity contribution < 1.29 is 18.0 Å². The van der Waals surface area contributed by atoms with Crippen molar-refractivity contribution in [3.05, 3.63) is 54.1 Å². The minimum atomic E-state index is -3.85. The van der Waals surface area contributed by atoms with E-state index in [4.69, 9.17) is 16.7 Å². The Labute approximate surface area is 143 Å². The van der Waals surface area contributed by atoms with Crippen LogP contribution in [0.2, 0.25) is 0 Å². The normalized spacial score (nSPS) is 10.9. The summed E-state index contributed by atoms with van der Waals surface area (Å²) in [6, 6.07) is 11.8. The van der Waals surface area contributed by atoms with Gasteiger partial charge in [0.05, 0.1) is 4.90 Å². The van der Waals surface area contributed by atoms with Gasteiger partial charge in [0.25, 0.3) is 5.91 Å². The Morgan fingerprint density at radius 3 is 2.25 bits per heavy atom. The lowest BCUT2D eigenvalue weighted by atomic mass is 10.2. The summed E-state index contributed by atoms with van der Waals surface area (Å²) >= 11 is 5.39. The molecular weight excluding hydrogens is 354 g/mol. The zero-order valence-electron chi connectivity index (χ0n) is 12.3. The molecule has 0 aliphatic rings. The number of hydrogen-bond donors (Lipinski definition) is 3. The number of rotatable bonds is 5. The number of amides is 2. The molecule has 2 amide bonds. The largest absolute Gasteiger partial charge is 0.325 e. The van der Waals surface area contributed by atoms with Crippen molar-refractivity contribution in [3.8, 4) is 0 Å². The summed E-state index contributed by atoms with van der Waals surface area (Å²) in [7, 11) is -3.85. The van der Waals surface area contributed by atoms with Crippen LogP contribution < -0.4 is 15.8 Å². The average Bonchev–Trinajstić information content (AvgIpc) is 2.54. The van der Waals surface area contributed by atoms with Crippen molar-refractivity contribution in [2.75, 3.05) is 16.5 Å². The van der Waals surface area contributed by atoms with Crippen molar-refractivity contribution in [1.82, 2.24) is 0 Å². The van der Waals surface area contributed by atoms with Crippen LogP contribution in [0, 0.1) is 0 Å². The van der Waals surface area contributed by atoms with E-state index in [1.807, 2.05) is 0 Å². The lowest BCUT2D eigenvalue weighted by Crippen LogP contribution is -2.15. The van der Waals surface area contributed by atoms with E-state index >= 15 is 0 Å². The second-order valence-electron chi connectivity index (χ2n) is 4.79. The summed E-state index contributed by atoms with van der Waals surface area (Å²) in [5, 5.41) is 10.2. The van der Waals surface area contributed by atoms with Gasteiger partial charge in [-0.05, 0) is 42.5 Å².